The van der Waals surface area contributed by atoms with E-state index >= 15 is 0 Å². The molecular formula is C64H111NO8. The van der Waals surface area contributed by atoms with E-state index in [2.05, 4.69) is 98.9 Å². The lowest BCUT2D eigenvalue weighted by Gasteiger charge is -2.26. The number of nitrogens with zero attached hydrogens (tertiary/aromatic N) is 1. The fraction of sp³-hybridized carbons (Fsp3) is 0.734. The maximum atomic E-state index is 12.9. The van der Waals surface area contributed by atoms with Crippen molar-refractivity contribution in [3.8, 4) is 0 Å². The number of allylic oxidation sites excluding steroid dienone is 14. The Morgan fingerprint density at radius 1 is 0.411 bits per heavy atom. The molecule has 0 amide bonds. The van der Waals surface area contributed by atoms with Crippen molar-refractivity contribution in [1.29, 1.82) is 0 Å². The zero-order valence-electron chi connectivity index (χ0n) is 47.7. The molecule has 0 aliphatic heterocycles. The third-order valence-corrected chi connectivity index (χ3v) is 12.6. The number of ether oxygens (including phenoxy) is 4. The number of unbranched alkanes of at least 4 members (excludes halogenated alkanes) is 25. The van der Waals surface area contributed by atoms with Crippen LogP contribution < -0.4 is 5.11 Å². The summed E-state index contributed by atoms with van der Waals surface area (Å²) in [5, 5.41) is 11.8. The van der Waals surface area contributed by atoms with Gasteiger partial charge in [0.25, 0.3) is 0 Å². The first-order valence-corrected chi connectivity index (χ1v) is 29.7. The summed E-state index contributed by atoms with van der Waals surface area (Å²) in [6, 6.07) is 0. The van der Waals surface area contributed by atoms with Crippen molar-refractivity contribution in [2.45, 2.75) is 257 Å². The number of quaternary nitrogens is 1. The molecule has 9 heteroatoms. The molecule has 2 atom stereocenters. The molecule has 0 spiro atoms. The molecule has 9 nitrogen and oxygen atoms in total. The van der Waals surface area contributed by atoms with Crippen LogP contribution in [0, 0.1) is 0 Å². The Hall–Kier alpha value is -3.53. The molecule has 420 valence electrons. The van der Waals surface area contributed by atoms with Crippen LogP contribution in [0.25, 0.3) is 0 Å². The minimum absolute atomic E-state index is 0.143. The van der Waals surface area contributed by atoms with Gasteiger partial charge in [-0.15, -0.1) is 0 Å². The predicted molar refractivity (Wildman–Crippen MR) is 306 cm³/mol. The third-order valence-electron chi connectivity index (χ3n) is 12.6. The molecule has 0 N–H and O–H groups in total. The Labute approximate surface area is 449 Å². The summed E-state index contributed by atoms with van der Waals surface area (Å²) >= 11 is 0. The summed E-state index contributed by atoms with van der Waals surface area (Å²) in [5.74, 6) is -2.30. The van der Waals surface area contributed by atoms with Crippen molar-refractivity contribution < 1.29 is 42.9 Å². The number of likely N-dealkylation sites (N-methyl/N-ethyl adjacent to an activating group) is 1. The van der Waals surface area contributed by atoms with Crippen LogP contribution in [-0.4, -0.2) is 82.3 Å². The monoisotopic (exact) mass is 1020 g/mol. The highest BCUT2D eigenvalue weighted by Gasteiger charge is 2.22. The van der Waals surface area contributed by atoms with E-state index in [1.165, 1.54) is 116 Å². The van der Waals surface area contributed by atoms with Crippen LogP contribution >= 0.6 is 0 Å². The molecule has 0 heterocycles. The van der Waals surface area contributed by atoms with E-state index in [1.54, 1.807) is 0 Å². The normalized spacial score (nSPS) is 13.4. The zero-order chi connectivity index (χ0) is 53.4. The van der Waals surface area contributed by atoms with Crippen molar-refractivity contribution in [3.05, 3.63) is 85.1 Å². The molecule has 73 heavy (non-hydrogen) atoms. The van der Waals surface area contributed by atoms with Crippen molar-refractivity contribution in [2.24, 2.45) is 0 Å². The van der Waals surface area contributed by atoms with Gasteiger partial charge in [-0.05, 0) is 83.5 Å². The molecule has 0 saturated heterocycles. The first-order valence-electron chi connectivity index (χ1n) is 29.7. The lowest BCUT2D eigenvalue weighted by Crippen LogP contribution is -2.44. The number of aliphatic carboxylic acids is 1. The minimum Gasteiger partial charge on any atom is -0.545 e. The van der Waals surface area contributed by atoms with Gasteiger partial charge in [-0.2, -0.15) is 0 Å². The number of carbonyl (C=O) groups excluding carboxylic acids is 3. The highest BCUT2D eigenvalue weighted by atomic mass is 16.7. The Bertz CT molecular complexity index is 1470. The lowest BCUT2D eigenvalue weighted by molar-refractivity contribution is -0.870. The van der Waals surface area contributed by atoms with E-state index in [1.807, 2.05) is 21.1 Å². The highest BCUT2D eigenvalue weighted by Crippen LogP contribution is 2.17. The molecule has 0 aromatic rings. The fourth-order valence-corrected chi connectivity index (χ4v) is 8.13. The zero-order valence-corrected chi connectivity index (χ0v) is 47.7. The Morgan fingerprint density at radius 3 is 1.10 bits per heavy atom. The van der Waals surface area contributed by atoms with Gasteiger partial charge >= 0.3 is 11.9 Å². The quantitative estimate of drug-likeness (QED) is 0.0195. The molecule has 0 radical (unpaired) electrons. The standard InChI is InChI=1S/C64H111NO8/c1-6-8-10-12-14-16-18-20-22-23-24-25-26-27-28-29-30-31-32-33-34-35-36-37-38-39-41-43-45-47-49-51-53-55-62(67)73-60(59-72-64(63(68)69)70-57-56-65(3,4)5)58-71-61(66)54-52-50-48-46-44-42-40-21-19-17-15-13-11-9-7-2/h8-11,14-17,20-22,24-25,40,60,64H,6-7,12-13,18-19,23,26-39,41-59H2,1-5H3/b10-8-,11-9-,16-14-,17-15-,22-20-,25-24-,40-21-. The van der Waals surface area contributed by atoms with Gasteiger partial charge in [0.15, 0.2) is 12.4 Å². The van der Waals surface area contributed by atoms with Crippen LogP contribution in [0.4, 0.5) is 0 Å². The van der Waals surface area contributed by atoms with E-state index in [0.29, 0.717) is 17.4 Å². The second kappa shape index (κ2) is 54.7. The molecular weight excluding hydrogens is 911 g/mol. The fourth-order valence-electron chi connectivity index (χ4n) is 8.13. The number of carbonyl (C=O) groups is 3. The van der Waals surface area contributed by atoms with Crippen LogP contribution in [0.2, 0.25) is 0 Å². The third kappa shape index (κ3) is 56.0. The molecule has 0 rings (SSSR count). The predicted octanol–water partition coefficient (Wildman–Crippen LogP) is 16.2. The number of carboxylic acid groups (broad SMARTS) is 1. The summed E-state index contributed by atoms with van der Waals surface area (Å²) in [4.78, 5) is 37.2. The van der Waals surface area contributed by atoms with Crippen LogP contribution in [0.3, 0.4) is 0 Å². The van der Waals surface area contributed by atoms with Gasteiger partial charge in [0, 0.05) is 12.8 Å². The van der Waals surface area contributed by atoms with E-state index < -0.39 is 24.3 Å². The van der Waals surface area contributed by atoms with Crippen molar-refractivity contribution in [1.82, 2.24) is 0 Å². The van der Waals surface area contributed by atoms with Crippen molar-refractivity contribution in [3.63, 3.8) is 0 Å². The van der Waals surface area contributed by atoms with Crippen LogP contribution in [-0.2, 0) is 33.3 Å². The maximum Gasteiger partial charge on any atom is 0.306 e. The van der Waals surface area contributed by atoms with Crippen LogP contribution in [0.15, 0.2) is 85.1 Å². The number of esters is 2. The molecule has 0 aromatic heterocycles. The SMILES string of the molecule is CC/C=C\C/C=C\C/C=C\C/C=C\CCCCCCCCCCCCCCCCCCCCCCC(=O)OC(COC(=O)CCCCCCC/C=C\C/C=C\C/C=C\CC)COC(OCC[N+](C)(C)C)C(=O)[O-]. The summed E-state index contributed by atoms with van der Waals surface area (Å²) in [6.07, 6.45) is 69.4. The van der Waals surface area contributed by atoms with Gasteiger partial charge in [-0.3, -0.25) is 9.59 Å². The topological polar surface area (TPSA) is 111 Å². The average Bonchev–Trinajstić information content (AvgIpc) is 3.36. The molecule has 0 aliphatic carbocycles. The number of carboxylic acids is 1. The molecule has 0 fully saturated rings. The number of hydrogen-bond donors (Lipinski definition) is 0. The van der Waals surface area contributed by atoms with E-state index in [0.717, 1.165) is 96.3 Å². The van der Waals surface area contributed by atoms with E-state index in [-0.39, 0.29) is 38.6 Å². The second-order valence-corrected chi connectivity index (χ2v) is 20.9. The van der Waals surface area contributed by atoms with Crippen molar-refractivity contribution >= 4 is 17.9 Å². The first kappa shape index (κ1) is 69.5. The van der Waals surface area contributed by atoms with Crippen LogP contribution in [0.5, 0.6) is 0 Å². The van der Waals surface area contributed by atoms with Gasteiger partial charge in [-0.25, -0.2) is 0 Å². The molecule has 0 aromatic carbocycles. The minimum atomic E-state index is -1.63. The summed E-state index contributed by atoms with van der Waals surface area (Å²) in [6.45, 7) is 4.51. The van der Waals surface area contributed by atoms with Crippen molar-refractivity contribution in [2.75, 3.05) is 47.5 Å². The molecule has 0 bridgehead atoms. The smallest absolute Gasteiger partial charge is 0.306 e. The summed E-state index contributed by atoms with van der Waals surface area (Å²) in [5.41, 5.74) is 0. The lowest BCUT2D eigenvalue weighted by atomic mass is 10.0. The van der Waals surface area contributed by atoms with Gasteiger partial charge in [0.2, 0.25) is 0 Å². The first-order chi connectivity index (χ1) is 35.6. The van der Waals surface area contributed by atoms with Gasteiger partial charge in [0.1, 0.15) is 13.2 Å². The maximum absolute atomic E-state index is 12.9. The van der Waals surface area contributed by atoms with E-state index in [4.69, 9.17) is 18.9 Å². The summed E-state index contributed by atoms with van der Waals surface area (Å²) < 4.78 is 22.7. The van der Waals surface area contributed by atoms with E-state index in [9.17, 15) is 19.5 Å². The Balaban J connectivity index is 4.10. The molecule has 0 saturated carbocycles. The number of rotatable bonds is 54. The van der Waals surface area contributed by atoms with Gasteiger partial charge < -0.3 is 33.3 Å². The average molecular weight is 1020 g/mol. The Morgan fingerprint density at radius 2 is 0.740 bits per heavy atom. The number of hydrogen-bond acceptors (Lipinski definition) is 8. The second-order valence-electron chi connectivity index (χ2n) is 20.9. The molecule has 2 unspecified atom stereocenters. The highest BCUT2D eigenvalue weighted by molar-refractivity contribution is 5.70. The largest absolute Gasteiger partial charge is 0.545 e. The van der Waals surface area contributed by atoms with Gasteiger partial charge in [-0.1, -0.05) is 234 Å². The van der Waals surface area contributed by atoms with Crippen LogP contribution in [0.1, 0.15) is 245 Å². The Kier molecular flexibility index (Phi) is 52.1. The van der Waals surface area contributed by atoms with Gasteiger partial charge in [0.05, 0.1) is 40.3 Å². The molecule has 0 aliphatic rings. The summed E-state index contributed by atoms with van der Waals surface area (Å²) in [7, 11) is 5.91.